The van der Waals surface area contributed by atoms with Gasteiger partial charge in [0.1, 0.15) is 0 Å². The molecule has 0 aromatic heterocycles. The van der Waals surface area contributed by atoms with Crippen molar-refractivity contribution in [2.45, 2.75) is 45.6 Å². The third-order valence-electron chi connectivity index (χ3n) is 4.50. The third kappa shape index (κ3) is 2.45. The second-order valence-electron chi connectivity index (χ2n) is 6.12. The average molecular weight is 265 g/mol. The molecule has 1 N–H and O–H groups in total. The number of aryl methyl sites for hydroxylation is 2. The first-order chi connectivity index (χ1) is 9.65. The Bertz CT molecular complexity index is 615. The molecule has 0 aliphatic heterocycles. The van der Waals surface area contributed by atoms with Gasteiger partial charge in [-0.3, -0.25) is 0 Å². The lowest BCUT2D eigenvalue weighted by Gasteiger charge is -2.31. The van der Waals surface area contributed by atoms with Gasteiger partial charge in [0, 0.05) is 5.69 Å². The van der Waals surface area contributed by atoms with Crippen molar-refractivity contribution in [1.29, 1.82) is 0 Å². The molecule has 1 nitrogen and oxygen atoms in total. The number of hydrogen-bond acceptors (Lipinski definition) is 1. The van der Waals surface area contributed by atoms with Crippen LogP contribution in [0.5, 0.6) is 0 Å². The third-order valence-corrected chi connectivity index (χ3v) is 4.50. The zero-order valence-corrected chi connectivity index (χ0v) is 12.6. The van der Waals surface area contributed by atoms with Gasteiger partial charge in [0.25, 0.3) is 0 Å². The Morgan fingerprint density at radius 1 is 0.950 bits per heavy atom. The zero-order valence-electron chi connectivity index (χ0n) is 12.6. The molecule has 0 saturated carbocycles. The fraction of sp³-hybridized carbons (Fsp3) is 0.368. The molecule has 1 aliphatic rings. The normalized spacial score (nSPS) is 21.4. The first kappa shape index (κ1) is 13.2. The summed E-state index contributed by atoms with van der Waals surface area (Å²) in [7, 11) is 0. The highest BCUT2D eigenvalue weighted by atomic mass is 14.9. The standard InChI is InChI=1S/C19H23N/c1-13-8-10-18(15(3)12-13)20-19-11-9-14(2)16-6-4-5-7-17(16)19/h4-8,10,12,14,19-20H,9,11H2,1-3H3. The predicted octanol–water partition coefficient (Wildman–Crippen LogP) is 5.35. The molecule has 0 saturated heterocycles. The van der Waals surface area contributed by atoms with E-state index in [4.69, 9.17) is 0 Å². The Hall–Kier alpha value is -1.76. The molecule has 0 spiro atoms. The number of nitrogens with one attached hydrogen (secondary N) is 1. The van der Waals surface area contributed by atoms with E-state index in [1.807, 2.05) is 0 Å². The fourth-order valence-corrected chi connectivity index (χ4v) is 3.32. The monoisotopic (exact) mass is 265 g/mol. The number of anilines is 1. The first-order valence-corrected chi connectivity index (χ1v) is 7.58. The van der Waals surface area contributed by atoms with Crippen molar-refractivity contribution in [2.24, 2.45) is 0 Å². The molecule has 0 heterocycles. The Morgan fingerprint density at radius 3 is 2.45 bits per heavy atom. The summed E-state index contributed by atoms with van der Waals surface area (Å²) in [5, 5.41) is 3.75. The lowest BCUT2D eigenvalue weighted by Crippen LogP contribution is -2.19. The Morgan fingerprint density at radius 2 is 1.70 bits per heavy atom. The van der Waals surface area contributed by atoms with Crippen LogP contribution in [0.2, 0.25) is 0 Å². The molecular formula is C19H23N. The molecule has 104 valence electrons. The topological polar surface area (TPSA) is 12.0 Å². The van der Waals surface area contributed by atoms with E-state index in [1.54, 1.807) is 0 Å². The molecule has 2 aromatic rings. The molecular weight excluding hydrogens is 242 g/mol. The van der Waals surface area contributed by atoms with Gasteiger partial charge in [0.2, 0.25) is 0 Å². The van der Waals surface area contributed by atoms with Crippen molar-refractivity contribution in [3.8, 4) is 0 Å². The van der Waals surface area contributed by atoms with E-state index in [0.717, 1.165) is 0 Å². The number of benzene rings is 2. The fourth-order valence-electron chi connectivity index (χ4n) is 3.32. The van der Waals surface area contributed by atoms with Crippen molar-refractivity contribution >= 4 is 5.69 Å². The molecule has 0 radical (unpaired) electrons. The lowest BCUT2D eigenvalue weighted by molar-refractivity contribution is 0.534. The van der Waals surface area contributed by atoms with Crippen LogP contribution in [0.15, 0.2) is 42.5 Å². The minimum absolute atomic E-state index is 0.448. The molecule has 1 heteroatoms. The summed E-state index contributed by atoms with van der Waals surface area (Å²) in [5.74, 6) is 0.684. The molecule has 0 bridgehead atoms. The second kappa shape index (κ2) is 5.32. The van der Waals surface area contributed by atoms with Gasteiger partial charge in [-0.1, -0.05) is 48.9 Å². The molecule has 2 unspecified atom stereocenters. The molecule has 3 rings (SSSR count). The van der Waals surface area contributed by atoms with Crippen LogP contribution in [0.4, 0.5) is 5.69 Å². The maximum atomic E-state index is 3.75. The Labute approximate surface area is 122 Å². The van der Waals surface area contributed by atoms with Crippen LogP contribution in [0.25, 0.3) is 0 Å². The molecule has 0 fully saturated rings. The van der Waals surface area contributed by atoms with Gasteiger partial charge in [-0.05, 0) is 55.4 Å². The summed E-state index contributed by atoms with van der Waals surface area (Å²) >= 11 is 0. The largest absolute Gasteiger partial charge is 0.378 e. The summed E-state index contributed by atoms with van der Waals surface area (Å²) in [6.45, 7) is 6.67. The van der Waals surface area contributed by atoms with Crippen LogP contribution in [-0.2, 0) is 0 Å². The SMILES string of the molecule is Cc1ccc(NC2CCC(C)c3ccccc32)c(C)c1. The van der Waals surface area contributed by atoms with E-state index in [1.165, 1.54) is 40.8 Å². The number of hydrogen-bond donors (Lipinski definition) is 1. The van der Waals surface area contributed by atoms with Crippen molar-refractivity contribution in [2.75, 3.05) is 5.32 Å². The maximum absolute atomic E-state index is 3.75. The zero-order chi connectivity index (χ0) is 14.1. The summed E-state index contributed by atoms with van der Waals surface area (Å²) in [4.78, 5) is 0. The van der Waals surface area contributed by atoms with Crippen LogP contribution >= 0.6 is 0 Å². The second-order valence-corrected chi connectivity index (χ2v) is 6.12. The predicted molar refractivity (Wildman–Crippen MR) is 86.4 cm³/mol. The van der Waals surface area contributed by atoms with Crippen molar-refractivity contribution in [1.82, 2.24) is 0 Å². The minimum atomic E-state index is 0.448. The van der Waals surface area contributed by atoms with Gasteiger partial charge >= 0.3 is 0 Å². The van der Waals surface area contributed by atoms with Crippen LogP contribution in [-0.4, -0.2) is 0 Å². The Kier molecular flexibility index (Phi) is 3.52. The quantitative estimate of drug-likeness (QED) is 0.771. The summed E-state index contributed by atoms with van der Waals surface area (Å²) in [6.07, 6.45) is 2.48. The smallest absolute Gasteiger partial charge is 0.0516 e. The van der Waals surface area contributed by atoms with E-state index < -0.39 is 0 Å². The van der Waals surface area contributed by atoms with E-state index >= 15 is 0 Å². The number of rotatable bonds is 2. The van der Waals surface area contributed by atoms with E-state index in [-0.39, 0.29) is 0 Å². The van der Waals surface area contributed by atoms with Gasteiger partial charge in [0.05, 0.1) is 6.04 Å². The van der Waals surface area contributed by atoms with E-state index in [0.29, 0.717) is 12.0 Å². The molecule has 0 amide bonds. The molecule has 2 aromatic carbocycles. The highest BCUT2D eigenvalue weighted by molar-refractivity contribution is 5.54. The lowest BCUT2D eigenvalue weighted by atomic mass is 9.81. The van der Waals surface area contributed by atoms with Crippen LogP contribution < -0.4 is 5.32 Å². The maximum Gasteiger partial charge on any atom is 0.0516 e. The highest BCUT2D eigenvalue weighted by Gasteiger charge is 2.24. The van der Waals surface area contributed by atoms with Gasteiger partial charge in [-0.25, -0.2) is 0 Å². The average Bonchev–Trinajstić information content (AvgIpc) is 2.45. The molecule has 1 aliphatic carbocycles. The van der Waals surface area contributed by atoms with Crippen LogP contribution in [0.3, 0.4) is 0 Å². The van der Waals surface area contributed by atoms with Gasteiger partial charge in [-0.15, -0.1) is 0 Å². The van der Waals surface area contributed by atoms with E-state index in [2.05, 4.69) is 68.6 Å². The van der Waals surface area contributed by atoms with Gasteiger partial charge in [-0.2, -0.15) is 0 Å². The summed E-state index contributed by atoms with van der Waals surface area (Å²) in [5.41, 5.74) is 6.92. The van der Waals surface area contributed by atoms with Gasteiger partial charge < -0.3 is 5.32 Å². The molecule has 2 atom stereocenters. The van der Waals surface area contributed by atoms with Crippen molar-refractivity contribution < 1.29 is 0 Å². The number of fused-ring (bicyclic) bond motifs is 1. The van der Waals surface area contributed by atoms with Crippen LogP contribution in [0, 0.1) is 13.8 Å². The van der Waals surface area contributed by atoms with Crippen LogP contribution in [0.1, 0.15) is 54.0 Å². The van der Waals surface area contributed by atoms with Crippen molar-refractivity contribution in [3.05, 3.63) is 64.7 Å². The van der Waals surface area contributed by atoms with Gasteiger partial charge in [0.15, 0.2) is 0 Å². The Balaban J connectivity index is 1.90. The minimum Gasteiger partial charge on any atom is -0.378 e. The summed E-state index contributed by atoms with van der Waals surface area (Å²) < 4.78 is 0. The summed E-state index contributed by atoms with van der Waals surface area (Å²) in [6, 6.07) is 16.0. The first-order valence-electron chi connectivity index (χ1n) is 7.58. The highest BCUT2D eigenvalue weighted by Crippen LogP contribution is 2.39. The van der Waals surface area contributed by atoms with E-state index in [9.17, 15) is 0 Å². The molecule has 20 heavy (non-hydrogen) atoms. The van der Waals surface area contributed by atoms with Crippen molar-refractivity contribution in [3.63, 3.8) is 0 Å².